The first-order valence-corrected chi connectivity index (χ1v) is 11.5. The van der Waals surface area contributed by atoms with Crippen molar-refractivity contribution in [2.24, 2.45) is 5.92 Å². The number of carbonyl (C=O) groups excluding carboxylic acids is 1. The Hall–Kier alpha value is -2.34. The van der Waals surface area contributed by atoms with Gasteiger partial charge in [-0.2, -0.15) is 4.31 Å². The van der Waals surface area contributed by atoms with Crippen LogP contribution in [0, 0.1) is 5.92 Å². The molecule has 0 unspecified atom stereocenters. The van der Waals surface area contributed by atoms with Gasteiger partial charge in [0.2, 0.25) is 0 Å². The first-order chi connectivity index (χ1) is 13.5. The maximum absolute atomic E-state index is 13.4. The maximum Gasteiger partial charge on any atom is 0.343 e. The molecule has 0 spiro atoms. The Bertz CT molecular complexity index is 964. The molecule has 28 heavy (non-hydrogen) atoms. The molecule has 0 N–H and O–H groups in total. The molecular formula is C22H26N2O3S. The molecule has 5 nitrogen and oxygen atoms in total. The summed E-state index contributed by atoms with van der Waals surface area (Å²) in [5, 5.41) is 0. The molecule has 2 aliphatic rings. The molecule has 2 aromatic carbocycles. The van der Waals surface area contributed by atoms with Crippen LogP contribution in [-0.2, 0) is 16.4 Å². The van der Waals surface area contributed by atoms with E-state index in [0.29, 0.717) is 23.8 Å². The first kappa shape index (κ1) is 19.0. The van der Waals surface area contributed by atoms with E-state index in [1.54, 1.807) is 41.3 Å². The maximum atomic E-state index is 13.4. The van der Waals surface area contributed by atoms with Gasteiger partial charge in [0.15, 0.2) is 0 Å². The fraction of sp³-hybridized carbons (Fsp3) is 0.409. The van der Waals surface area contributed by atoms with Crippen molar-refractivity contribution >= 4 is 27.4 Å². The molecule has 0 aromatic heterocycles. The number of hydrogen-bond acceptors (Lipinski definition) is 3. The average Bonchev–Trinajstić information content (AvgIpc) is 2.72. The zero-order valence-electron chi connectivity index (χ0n) is 16.2. The first-order valence-electron chi connectivity index (χ1n) is 10.1. The van der Waals surface area contributed by atoms with Gasteiger partial charge in [0.25, 0.3) is 10.0 Å². The van der Waals surface area contributed by atoms with Crippen molar-refractivity contribution < 1.29 is 13.2 Å². The molecule has 0 bridgehead atoms. The highest BCUT2D eigenvalue weighted by molar-refractivity contribution is 7.94. The molecule has 0 saturated heterocycles. The average molecular weight is 399 g/mol. The number of nitrogens with zero attached hydrogens (tertiary/aromatic N) is 2. The van der Waals surface area contributed by atoms with Gasteiger partial charge in [0.1, 0.15) is 4.90 Å². The van der Waals surface area contributed by atoms with Gasteiger partial charge in [-0.15, -0.1) is 0 Å². The predicted molar refractivity (Wildman–Crippen MR) is 111 cm³/mol. The Kier molecular flexibility index (Phi) is 5.15. The molecule has 4 rings (SSSR count). The number of benzene rings is 2. The number of aryl methyl sites for hydroxylation is 1. The third-order valence-electron chi connectivity index (χ3n) is 5.82. The standard InChI is InChI=1S/C22H26N2O3S/c1-2-17-12-14-19(15-13-17)24-22(25)23(16-18-8-4-3-5-9-18)20-10-6-7-11-21(20)28(24,26)27/h6-7,10-15,18H,2-5,8-9,16H2,1H3. The summed E-state index contributed by atoms with van der Waals surface area (Å²) in [7, 11) is -3.94. The smallest absolute Gasteiger partial charge is 0.292 e. The Morgan fingerprint density at radius 2 is 1.64 bits per heavy atom. The summed E-state index contributed by atoms with van der Waals surface area (Å²) in [6.45, 7) is 2.61. The summed E-state index contributed by atoms with van der Waals surface area (Å²) >= 11 is 0. The van der Waals surface area contributed by atoms with E-state index in [2.05, 4.69) is 0 Å². The normalized spacial score (nSPS) is 19.5. The van der Waals surface area contributed by atoms with E-state index in [0.717, 1.165) is 29.1 Å². The van der Waals surface area contributed by atoms with Gasteiger partial charge in [0.05, 0.1) is 11.4 Å². The largest absolute Gasteiger partial charge is 0.343 e. The van der Waals surface area contributed by atoms with Crippen molar-refractivity contribution in [3.63, 3.8) is 0 Å². The van der Waals surface area contributed by atoms with Crippen LogP contribution >= 0.6 is 0 Å². The Balaban J connectivity index is 1.77. The fourth-order valence-electron chi connectivity index (χ4n) is 4.23. The van der Waals surface area contributed by atoms with E-state index >= 15 is 0 Å². The van der Waals surface area contributed by atoms with Gasteiger partial charge < -0.3 is 0 Å². The van der Waals surface area contributed by atoms with Crippen LogP contribution in [0.1, 0.15) is 44.6 Å². The molecule has 1 heterocycles. The molecule has 2 amide bonds. The van der Waals surface area contributed by atoms with Gasteiger partial charge in [0, 0.05) is 6.54 Å². The number of urea groups is 1. The summed E-state index contributed by atoms with van der Waals surface area (Å²) < 4.78 is 27.5. The minimum absolute atomic E-state index is 0.199. The van der Waals surface area contributed by atoms with Crippen LogP contribution in [0.3, 0.4) is 0 Å². The quantitative estimate of drug-likeness (QED) is 0.731. The second kappa shape index (κ2) is 7.59. The molecule has 0 atom stereocenters. The Labute approximate surface area is 167 Å². The molecule has 0 radical (unpaired) electrons. The molecule has 1 saturated carbocycles. The van der Waals surface area contributed by atoms with E-state index in [9.17, 15) is 13.2 Å². The molecule has 1 aliphatic heterocycles. The Morgan fingerprint density at radius 3 is 2.32 bits per heavy atom. The number of para-hydroxylation sites is 1. The van der Waals surface area contributed by atoms with Gasteiger partial charge in [-0.25, -0.2) is 13.2 Å². The molecule has 1 aliphatic carbocycles. The summed E-state index contributed by atoms with van der Waals surface area (Å²) in [4.78, 5) is 15.3. The number of carbonyl (C=O) groups is 1. The van der Waals surface area contributed by atoms with E-state index in [4.69, 9.17) is 0 Å². The van der Waals surface area contributed by atoms with Crippen LogP contribution < -0.4 is 9.21 Å². The highest BCUT2D eigenvalue weighted by Crippen LogP contribution is 2.38. The fourth-order valence-corrected chi connectivity index (χ4v) is 5.83. The minimum Gasteiger partial charge on any atom is -0.292 e. The van der Waals surface area contributed by atoms with Crippen molar-refractivity contribution in [3.8, 4) is 0 Å². The lowest BCUT2D eigenvalue weighted by Crippen LogP contribution is -2.52. The second-order valence-electron chi connectivity index (χ2n) is 7.65. The second-order valence-corrected chi connectivity index (χ2v) is 9.41. The predicted octanol–water partition coefficient (Wildman–Crippen LogP) is 4.96. The summed E-state index contributed by atoms with van der Waals surface area (Å²) in [5.41, 5.74) is 2.00. The number of amides is 2. The van der Waals surface area contributed by atoms with Crippen molar-refractivity contribution in [2.75, 3.05) is 15.7 Å². The van der Waals surface area contributed by atoms with Crippen LogP contribution in [0.2, 0.25) is 0 Å². The topological polar surface area (TPSA) is 57.7 Å². The van der Waals surface area contributed by atoms with Crippen LogP contribution in [0.25, 0.3) is 0 Å². The van der Waals surface area contributed by atoms with Gasteiger partial charge in [-0.3, -0.25) is 4.90 Å². The summed E-state index contributed by atoms with van der Waals surface area (Å²) in [6.07, 6.45) is 6.63. The number of anilines is 2. The lowest BCUT2D eigenvalue weighted by molar-refractivity contribution is 0.250. The van der Waals surface area contributed by atoms with Crippen LogP contribution in [0.15, 0.2) is 53.4 Å². The summed E-state index contributed by atoms with van der Waals surface area (Å²) in [6, 6.07) is 13.6. The highest BCUT2D eigenvalue weighted by Gasteiger charge is 2.42. The van der Waals surface area contributed by atoms with Crippen molar-refractivity contribution in [2.45, 2.75) is 50.3 Å². The number of hydrogen-bond donors (Lipinski definition) is 0. The van der Waals surface area contributed by atoms with Crippen LogP contribution in [0.5, 0.6) is 0 Å². The molecule has 6 heteroatoms. The third kappa shape index (κ3) is 3.30. The van der Waals surface area contributed by atoms with E-state index in [1.165, 1.54) is 19.3 Å². The van der Waals surface area contributed by atoms with E-state index in [-0.39, 0.29) is 4.90 Å². The third-order valence-corrected chi connectivity index (χ3v) is 7.57. The van der Waals surface area contributed by atoms with Crippen molar-refractivity contribution in [3.05, 3.63) is 54.1 Å². The molecule has 1 fully saturated rings. The molecule has 148 valence electrons. The lowest BCUT2D eigenvalue weighted by atomic mass is 9.89. The van der Waals surface area contributed by atoms with Crippen LogP contribution in [-0.4, -0.2) is 21.0 Å². The van der Waals surface area contributed by atoms with E-state index < -0.39 is 16.1 Å². The zero-order chi connectivity index (χ0) is 19.7. The van der Waals surface area contributed by atoms with E-state index in [1.807, 2.05) is 19.1 Å². The Morgan fingerprint density at radius 1 is 0.964 bits per heavy atom. The monoisotopic (exact) mass is 398 g/mol. The summed E-state index contributed by atoms with van der Waals surface area (Å²) in [5.74, 6) is 0.413. The van der Waals surface area contributed by atoms with Gasteiger partial charge in [-0.05, 0) is 55.0 Å². The van der Waals surface area contributed by atoms with Gasteiger partial charge >= 0.3 is 6.03 Å². The number of fused-ring (bicyclic) bond motifs is 1. The molecular weight excluding hydrogens is 372 g/mol. The zero-order valence-corrected chi connectivity index (χ0v) is 17.0. The number of rotatable bonds is 4. The molecule has 2 aromatic rings. The SMILES string of the molecule is CCc1ccc(N2C(=O)N(CC3CCCCC3)c3ccccc3S2(=O)=O)cc1. The highest BCUT2D eigenvalue weighted by atomic mass is 32.2. The van der Waals surface area contributed by atoms with Crippen molar-refractivity contribution in [1.82, 2.24) is 0 Å². The minimum atomic E-state index is -3.94. The van der Waals surface area contributed by atoms with Gasteiger partial charge in [-0.1, -0.05) is 50.5 Å². The number of sulfonamides is 1. The lowest BCUT2D eigenvalue weighted by Gasteiger charge is -2.38. The van der Waals surface area contributed by atoms with Crippen molar-refractivity contribution in [1.29, 1.82) is 0 Å². The van der Waals surface area contributed by atoms with Crippen LogP contribution in [0.4, 0.5) is 16.2 Å².